The molecule has 1 aliphatic carbocycles. The Kier molecular flexibility index (Phi) is 4.82. The Balaban J connectivity index is 1.39. The minimum absolute atomic E-state index is 0.115. The lowest BCUT2D eigenvalue weighted by atomic mass is 9.93. The first kappa shape index (κ1) is 18.1. The van der Waals surface area contributed by atoms with Crippen LogP contribution in [0.4, 0.5) is 5.13 Å². The molecule has 5 rings (SSSR count). The van der Waals surface area contributed by atoms with Crippen LogP contribution < -0.4 is 5.32 Å². The molecule has 7 heteroatoms. The van der Waals surface area contributed by atoms with Crippen LogP contribution in [0.25, 0.3) is 21.3 Å². The van der Waals surface area contributed by atoms with Crippen LogP contribution in [0.15, 0.2) is 47.2 Å². The lowest BCUT2D eigenvalue weighted by Gasteiger charge is -2.27. The summed E-state index contributed by atoms with van der Waals surface area (Å²) in [6.45, 7) is 0.769. The Morgan fingerprint density at radius 2 is 2.00 bits per heavy atom. The van der Waals surface area contributed by atoms with Crippen LogP contribution in [0.1, 0.15) is 31.2 Å². The first-order valence-corrected chi connectivity index (χ1v) is 11.2. The molecule has 144 valence electrons. The second-order valence-electron chi connectivity index (χ2n) is 7.43. The number of hydrogen-bond acceptors (Lipinski definition) is 5. The van der Waals surface area contributed by atoms with Crippen LogP contribution in [0.2, 0.25) is 0 Å². The molecule has 2 aromatic heterocycles. The molecule has 1 aliphatic rings. The highest BCUT2D eigenvalue weighted by molar-refractivity contribution is 9.10. The smallest absolute Gasteiger partial charge is 0.184 e. The molecule has 0 bridgehead atoms. The van der Waals surface area contributed by atoms with Crippen LogP contribution in [0.3, 0.4) is 0 Å². The monoisotopic (exact) mass is 456 g/mol. The van der Waals surface area contributed by atoms with Gasteiger partial charge in [0, 0.05) is 11.0 Å². The third kappa shape index (κ3) is 3.54. The van der Waals surface area contributed by atoms with E-state index in [0.29, 0.717) is 0 Å². The Bertz CT molecular complexity index is 1140. The molecule has 2 heterocycles. The molecular weight excluding hydrogens is 436 g/mol. The summed E-state index contributed by atoms with van der Waals surface area (Å²) in [6.07, 6.45) is 5.78. The fourth-order valence-corrected chi connectivity index (χ4v) is 5.26. The van der Waals surface area contributed by atoms with Gasteiger partial charge in [-0.05, 0) is 48.7 Å². The van der Waals surface area contributed by atoms with E-state index in [1.165, 1.54) is 12.0 Å². The Morgan fingerprint density at radius 1 is 1.14 bits per heavy atom. The fourth-order valence-electron chi connectivity index (χ4n) is 3.92. The maximum absolute atomic E-state index is 10.2. The van der Waals surface area contributed by atoms with Gasteiger partial charge in [0.2, 0.25) is 0 Å². The summed E-state index contributed by atoms with van der Waals surface area (Å²) in [5.74, 6) is 0. The van der Waals surface area contributed by atoms with E-state index in [1.54, 1.807) is 11.3 Å². The van der Waals surface area contributed by atoms with E-state index < -0.39 is 0 Å². The quantitative estimate of drug-likeness (QED) is 0.444. The van der Waals surface area contributed by atoms with E-state index in [2.05, 4.69) is 55.1 Å². The molecule has 0 saturated heterocycles. The van der Waals surface area contributed by atoms with E-state index in [0.717, 1.165) is 56.7 Å². The average Bonchev–Trinajstić information content (AvgIpc) is 3.27. The summed E-state index contributed by atoms with van der Waals surface area (Å²) in [6, 6.07) is 12.7. The molecule has 2 unspecified atom stereocenters. The van der Waals surface area contributed by atoms with Gasteiger partial charge in [0.15, 0.2) is 5.13 Å². The molecule has 0 spiro atoms. The normalized spacial score (nSPS) is 20.1. The summed E-state index contributed by atoms with van der Waals surface area (Å²) in [5, 5.41) is 14.6. The van der Waals surface area contributed by atoms with Gasteiger partial charge in [-0.1, -0.05) is 46.2 Å². The number of hydrogen-bond donors (Lipinski definition) is 2. The number of benzene rings is 2. The number of nitrogens with zero attached hydrogens (tertiary/aromatic N) is 3. The first-order chi connectivity index (χ1) is 13.7. The molecule has 28 heavy (non-hydrogen) atoms. The molecule has 2 atom stereocenters. The highest BCUT2D eigenvalue weighted by Gasteiger charge is 2.23. The van der Waals surface area contributed by atoms with Gasteiger partial charge in [0.1, 0.15) is 0 Å². The lowest BCUT2D eigenvalue weighted by Crippen LogP contribution is -2.36. The fraction of sp³-hybridized carbons (Fsp3) is 0.333. The number of anilines is 1. The number of aliphatic hydroxyl groups is 1. The van der Waals surface area contributed by atoms with E-state index >= 15 is 0 Å². The summed E-state index contributed by atoms with van der Waals surface area (Å²) in [4.78, 5) is 9.21. The zero-order valence-electron chi connectivity index (χ0n) is 15.3. The number of nitrogens with one attached hydrogen (secondary N) is 1. The van der Waals surface area contributed by atoms with Crippen LogP contribution >= 0.6 is 27.3 Å². The predicted octanol–water partition coefficient (Wildman–Crippen LogP) is 5.17. The van der Waals surface area contributed by atoms with Crippen molar-refractivity contribution in [1.29, 1.82) is 0 Å². The molecule has 0 amide bonds. The third-order valence-electron chi connectivity index (χ3n) is 5.43. The van der Waals surface area contributed by atoms with Crippen molar-refractivity contribution in [2.45, 2.75) is 44.4 Å². The van der Waals surface area contributed by atoms with Crippen molar-refractivity contribution in [2.24, 2.45) is 0 Å². The minimum Gasteiger partial charge on any atom is -0.391 e. The van der Waals surface area contributed by atoms with E-state index in [9.17, 15) is 5.11 Å². The summed E-state index contributed by atoms with van der Waals surface area (Å²) in [5.41, 5.74) is 4.34. The van der Waals surface area contributed by atoms with Gasteiger partial charge in [0.05, 0.1) is 39.7 Å². The zero-order chi connectivity index (χ0) is 19.1. The van der Waals surface area contributed by atoms with Gasteiger partial charge in [-0.3, -0.25) is 0 Å². The summed E-state index contributed by atoms with van der Waals surface area (Å²) < 4.78 is 4.39. The summed E-state index contributed by atoms with van der Waals surface area (Å²) in [7, 11) is 0. The average molecular weight is 457 g/mol. The molecule has 5 nitrogen and oxygen atoms in total. The molecule has 2 aromatic carbocycles. The Hall–Kier alpha value is -1.96. The molecule has 0 aliphatic heterocycles. The zero-order valence-corrected chi connectivity index (χ0v) is 17.7. The highest BCUT2D eigenvalue weighted by Crippen LogP contribution is 2.30. The van der Waals surface area contributed by atoms with Crippen molar-refractivity contribution < 1.29 is 5.11 Å². The van der Waals surface area contributed by atoms with Crippen LogP contribution in [0, 0.1) is 0 Å². The number of thiazole rings is 1. The van der Waals surface area contributed by atoms with Gasteiger partial charge in [-0.2, -0.15) is 0 Å². The number of aromatic nitrogens is 3. The van der Waals surface area contributed by atoms with Crippen molar-refractivity contribution >= 4 is 53.6 Å². The van der Waals surface area contributed by atoms with Crippen molar-refractivity contribution in [3.63, 3.8) is 0 Å². The van der Waals surface area contributed by atoms with E-state index in [1.807, 2.05) is 18.5 Å². The largest absolute Gasteiger partial charge is 0.391 e. The van der Waals surface area contributed by atoms with Crippen LogP contribution in [0.5, 0.6) is 0 Å². The molecular formula is C21H21BrN4OS. The molecule has 0 radical (unpaired) electrons. The van der Waals surface area contributed by atoms with Gasteiger partial charge in [0.25, 0.3) is 0 Å². The van der Waals surface area contributed by atoms with Gasteiger partial charge in [-0.15, -0.1) is 0 Å². The van der Waals surface area contributed by atoms with Crippen LogP contribution in [-0.2, 0) is 6.54 Å². The summed E-state index contributed by atoms with van der Waals surface area (Å²) >= 11 is 5.20. The van der Waals surface area contributed by atoms with Gasteiger partial charge in [-0.25, -0.2) is 9.97 Å². The molecule has 1 fully saturated rings. The predicted molar refractivity (Wildman–Crippen MR) is 118 cm³/mol. The lowest BCUT2D eigenvalue weighted by molar-refractivity contribution is 0.116. The van der Waals surface area contributed by atoms with Crippen LogP contribution in [-0.4, -0.2) is 31.8 Å². The SMILES string of the molecule is OC1CCCCC1Nc1nc2ccc(Cn3cnc4ccc(Br)cc43)cc2s1. The first-order valence-electron chi connectivity index (χ1n) is 9.60. The van der Waals surface area contributed by atoms with E-state index in [-0.39, 0.29) is 12.1 Å². The van der Waals surface area contributed by atoms with Crippen molar-refractivity contribution in [3.05, 3.63) is 52.8 Å². The van der Waals surface area contributed by atoms with Crippen molar-refractivity contribution in [2.75, 3.05) is 5.32 Å². The number of rotatable bonds is 4. The third-order valence-corrected chi connectivity index (χ3v) is 6.87. The standard InChI is InChI=1S/C21H21BrN4OS/c22-14-6-8-15-18(10-14)26(12-23-15)11-13-5-7-17-20(9-13)28-21(25-17)24-16-3-1-2-4-19(16)27/h5-10,12,16,19,27H,1-4,11H2,(H,24,25). The second kappa shape index (κ2) is 7.46. The minimum atomic E-state index is -0.273. The maximum atomic E-state index is 10.2. The Morgan fingerprint density at radius 3 is 2.89 bits per heavy atom. The van der Waals surface area contributed by atoms with E-state index in [4.69, 9.17) is 4.98 Å². The number of fused-ring (bicyclic) bond motifs is 2. The van der Waals surface area contributed by atoms with Crippen molar-refractivity contribution in [3.8, 4) is 0 Å². The topological polar surface area (TPSA) is 63.0 Å². The maximum Gasteiger partial charge on any atom is 0.184 e. The number of aliphatic hydroxyl groups excluding tert-OH is 1. The van der Waals surface area contributed by atoms with Gasteiger partial charge < -0.3 is 15.0 Å². The van der Waals surface area contributed by atoms with Gasteiger partial charge >= 0.3 is 0 Å². The Labute approximate surface area is 175 Å². The number of imidazole rings is 1. The highest BCUT2D eigenvalue weighted by atomic mass is 79.9. The second-order valence-corrected chi connectivity index (χ2v) is 9.38. The van der Waals surface area contributed by atoms with Crippen molar-refractivity contribution in [1.82, 2.24) is 14.5 Å². The molecule has 1 saturated carbocycles. The molecule has 2 N–H and O–H groups in total. The molecule has 4 aromatic rings. The number of halogens is 1.